The van der Waals surface area contributed by atoms with E-state index in [0.717, 1.165) is 11.1 Å². The Morgan fingerprint density at radius 2 is 2.43 bits per heavy atom. The number of imidazole rings is 1. The third kappa shape index (κ3) is 1.48. The smallest absolute Gasteiger partial charge is 0.207 e. The molecule has 2 aromatic rings. The molecule has 0 aliphatic carbocycles. The van der Waals surface area contributed by atoms with Crippen molar-refractivity contribution in [2.45, 2.75) is 6.04 Å². The number of aliphatic hydroxyl groups is 1. The van der Waals surface area contributed by atoms with Crippen LogP contribution >= 0.6 is 11.6 Å². The molecule has 0 bridgehead atoms. The van der Waals surface area contributed by atoms with E-state index < -0.39 is 0 Å². The van der Waals surface area contributed by atoms with Gasteiger partial charge in [-0.2, -0.15) is 0 Å². The van der Waals surface area contributed by atoms with Gasteiger partial charge in [-0.25, -0.2) is 4.98 Å². The lowest BCUT2D eigenvalue weighted by Crippen LogP contribution is -2.14. The first-order valence-corrected chi connectivity index (χ1v) is 4.59. The Balaban J connectivity index is 2.52. The Kier molecular flexibility index (Phi) is 2.41. The first-order valence-electron chi connectivity index (χ1n) is 4.21. The summed E-state index contributed by atoms with van der Waals surface area (Å²) in [5.41, 5.74) is 7.42. The van der Waals surface area contributed by atoms with E-state index in [1.165, 1.54) is 0 Å². The topological polar surface area (TPSA) is 63.5 Å². The predicted molar refractivity (Wildman–Crippen MR) is 54.2 cm³/mol. The first kappa shape index (κ1) is 9.45. The summed E-state index contributed by atoms with van der Waals surface area (Å²) >= 11 is 5.81. The van der Waals surface area contributed by atoms with Gasteiger partial charge in [0.2, 0.25) is 5.28 Å². The van der Waals surface area contributed by atoms with Crippen LogP contribution < -0.4 is 5.73 Å². The maximum atomic E-state index is 8.89. The molecule has 2 aromatic heterocycles. The van der Waals surface area contributed by atoms with E-state index in [9.17, 15) is 0 Å². The summed E-state index contributed by atoms with van der Waals surface area (Å²) in [5.74, 6) is 0. The van der Waals surface area contributed by atoms with Crippen molar-refractivity contribution < 1.29 is 5.11 Å². The second-order valence-corrected chi connectivity index (χ2v) is 3.41. The van der Waals surface area contributed by atoms with E-state index in [-0.39, 0.29) is 12.6 Å². The Morgan fingerprint density at radius 3 is 3.14 bits per heavy atom. The number of aliphatic hydroxyl groups excluding tert-OH is 1. The molecule has 0 saturated carbocycles. The maximum absolute atomic E-state index is 8.89. The molecule has 2 rings (SSSR count). The number of nitrogens with two attached hydrogens (primary N) is 1. The van der Waals surface area contributed by atoms with Gasteiger partial charge in [0, 0.05) is 6.20 Å². The number of nitrogens with zero attached hydrogens (tertiary/aromatic N) is 2. The summed E-state index contributed by atoms with van der Waals surface area (Å²) in [6.45, 7) is -0.0714. The Bertz CT molecular complexity index is 454. The molecule has 5 heteroatoms. The van der Waals surface area contributed by atoms with E-state index in [1.807, 2.05) is 12.1 Å². The van der Waals surface area contributed by atoms with Crippen LogP contribution in [0.3, 0.4) is 0 Å². The van der Waals surface area contributed by atoms with Gasteiger partial charge in [0.1, 0.15) is 0 Å². The minimum atomic E-state index is -0.353. The van der Waals surface area contributed by atoms with Crippen molar-refractivity contribution in [2.75, 3.05) is 6.61 Å². The molecule has 0 spiro atoms. The van der Waals surface area contributed by atoms with Gasteiger partial charge in [0.25, 0.3) is 0 Å². The Morgan fingerprint density at radius 1 is 1.64 bits per heavy atom. The van der Waals surface area contributed by atoms with Gasteiger partial charge in [0.15, 0.2) is 0 Å². The number of halogens is 1. The predicted octanol–water partition coefficient (Wildman–Crippen LogP) is 0.980. The van der Waals surface area contributed by atoms with Crippen LogP contribution in [-0.2, 0) is 0 Å². The molecule has 4 nitrogen and oxygen atoms in total. The van der Waals surface area contributed by atoms with Gasteiger partial charge < -0.3 is 10.8 Å². The van der Waals surface area contributed by atoms with Gasteiger partial charge in [-0.3, -0.25) is 4.40 Å². The lowest BCUT2D eigenvalue weighted by molar-refractivity contribution is 0.268. The van der Waals surface area contributed by atoms with Crippen LogP contribution in [0.5, 0.6) is 0 Å². The molecule has 14 heavy (non-hydrogen) atoms. The number of hydrogen-bond acceptors (Lipinski definition) is 3. The summed E-state index contributed by atoms with van der Waals surface area (Å²) in [6, 6.07) is 3.33. The number of aromatic nitrogens is 2. The zero-order valence-corrected chi connectivity index (χ0v) is 8.15. The number of hydrogen-bond donors (Lipinski definition) is 2. The van der Waals surface area contributed by atoms with Crippen LogP contribution in [0.2, 0.25) is 5.28 Å². The molecule has 0 aromatic carbocycles. The highest BCUT2D eigenvalue weighted by Gasteiger charge is 2.06. The van der Waals surface area contributed by atoms with Crippen molar-refractivity contribution in [2.24, 2.45) is 5.73 Å². The molecular formula is C9H10ClN3O. The van der Waals surface area contributed by atoms with Gasteiger partial charge in [-0.15, -0.1) is 0 Å². The maximum Gasteiger partial charge on any atom is 0.207 e. The summed E-state index contributed by atoms with van der Waals surface area (Å²) in [4.78, 5) is 3.95. The quantitative estimate of drug-likeness (QED) is 0.779. The molecule has 74 valence electrons. The van der Waals surface area contributed by atoms with Crippen LogP contribution in [0.15, 0.2) is 24.5 Å². The Labute approximate surface area is 85.9 Å². The summed E-state index contributed by atoms with van der Waals surface area (Å²) in [7, 11) is 0. The van der Waals surface area contributed by atoms with Crippen LogP contribution in [0.4, 0.5) is 0 Å². The second kappa shape index (κ2) is 3.57. The minimum absolute atomic E-state index is 0.0714. The van der Waals surface area contributed by atoms with Gasteiger partial charge in [0.05, 0.1) is 24.4 Å². The van der Waals surface area contributed by atoms with E-state index in [0.29, 0.717) is 5.28 Å². The molecule has 0 aliphatic rings. The fourth-order valence-corrected chi connectivity index (χ4v) is 1.52. The number of fused-ring (bicyclic) bond motifs is 1. The summed E-state index contributed by atoms with van der Waals surface area (Å²) in [5, 5.41) is 9.31. The standard InChI is InChI=1S/C9H10ClN3O/c10-9-12-4-7-3-6(8(11)5-14)1-2-13(7)9/h1-4,8,14H,5,11H2. The zero-order chi connectivity index (χ0) is 10.1. The van der Waals surface area contributed by atoms with Gasteiger partial charge >= 0.3 is 0 Å². The van der Waals surface area contributed by atoms with Crippen LogP contribution in [0, 0.1) is 0 Å². The lowest BCUT2D eigenvalue weighted by Gasteiger charge is -2.08. The molecule has 0 radical (unpaired) electrons. The Hall–Kier alpha value is -1.10. The third-order valence-corrected chi connectivity index (χ3v) is 2.42. The highest BCUT2D eigenvalue weighted by atomic mass is 35.5. The fraction of sp³-hybridized carbons (Fsp3) is 0.222. The largest absolute Gasteiger partial charge is 0.394 e. The fourth-order valence-electron chi connectivity index (χ4n) is 1.32. The molecule has 3 N–H and O–H groups in total. The lowest BCUT2D eigenvalue weighted by atomic mass is 10.1. The average molecular weight is 212 g/mol. The van der Waals surface area contributed by atoms with Crippen LogP contribution in [0.25, 0.3) is 5.52 Å². The van der Waals surface area contributed by atoms with Crippen molar-refractivity contribution in [1.82, 2.24) is 9.38 Å². The molecule has 0 aliphatic heterocycles. The third-order valence-electron chi connectivity index (χ3n) is 2.14. The SMILES string of the molecule is NC(CO)c1ccn2c(Cl)ncc2c1. The summed E-state index contributed by atoms with van der Waals surface area (Å²) in [6.07, 6.45) is 3.45. The van der Waals surface area contributed by atoms with Crippen molar-refractivity contribution >= 4 is 17.1 Å². The second-order valence-electron chi connectivity index (χ2n) is 3.07. The first-order chi connectivity index (χ1) is 6.72. The van der Waals surface area contributed by atoms with Crippen molar-refractivity contribution in [3.05, 3.63) is 35.4 Å². The zero-order valence-electron chi connectivity index (χ0n) is 7.39. The molecule has 2 heterocycles. The summed E-state index contributed by atoms with van der Waals surface area (Å²) < 4.78 is 1.75. The number of rotatable bonds is 2. The van der Waals surface area contributed by atoms with Gasteiger partial charge in [-0.05, 0) is 29.3 Å². The monoisotopic (exact) mass is 211 g/mol. The van der Waals surface area contributed by atoms with Crippen molar-refractivity contribution in [3.8, 4) is 0 Å². The minimum Gasteiger partial charge on any atom is -0.394 e. The normalized spacial score (nSPS) is 13.4. The molecular weight excluding hydrogens is 202 g/mol. The van der Waals surface area contributed by atoms with Crippen molar-refractivity contribution in [3.63, 3.8) is 0 Å². The molecule has 0 fully saturated rings. The van der Waals surface area contributed by atoms with Crippen LogP contribution in [0.1, 0.15) is 11.6 Å². The molecule has 0 saturated heterocycles. The molecule has 0 amide bonds. The average Bonchev–Trinajstić information content (AvgIpc) is 2.59. The van der Waals surface area contributed by atoms with Gasteiger partial charge in [-0.1, -0.05) is 0 Å². The van der Waals surface area contributed by atoms with E-state index in [1.54, 1.807) is 16.8 Å². The van der Waals surface area contributed by atoms with Crippen LogP contribution in [-0.4, -0.2) is 21.1 Å². The van der Waals surface area contributed by atoms with E-state index in [4.69, 9.17) is 22.4 Å². The van der Waals surface area contributed by atoms with Crippen molar-refractivity contribution in [1.29, 1.82) is 0 Å². The number of pyridine rings is 1. The molecule has 1 unspecified atom stereocenters. The van der Waals surface area contributed by atoms with E-state index >= 15 is 0 Å². The highest BCUT2D eigenvalue weighted by molar-refractivity contribution is 6.28. The van der Waals surface area contributed by atoms with E-state index in [2.05, 4.69) is 4.98 Å². The molecule has 1 atom stereocenters. The highest BCUT2D eigenvalue weighted by Crippen LogP contribution is 2.16.